The van der Waals surface area contributed by atoms with E-state index in [9.17, 15) is 9.59 Å². The number of benzene rings is 4. The second kappa shape index (κ2) is 10.3. The molecule has 0 amide bonds. The maximum absolute atomic E-state index is 13.4. The zero-order chi connectivity index (χ0) is 26.1. The molecule has 4 aromatic carbocycles. The van der Waals surface area contributed by atoms with Gasteiger partial charge in [-0.3, -0.25) is 0 Å². The van der Waals surface area contributed by atoms with Gasteiger partial charge < -0.3 is 9.47 Å². The summed E-state index contributed by atoms with van der Waals surface area (Å²) in [7, 11) is 0. The summed E-state index contributed by atoms with van der Waals surface area (Å²) < 4.78 is 12.5. The van der Waals surface area contributed by atoms with Crippen LogP contribution in [0.25, 0.3) is 0 Å². The fourth-order valence-corrected chi connectivity index (χ4v) is 6.01. The number of ether oxygens (including phenoxy) is 2. The van der Waals surface area contributed by atoms with Gasteiger partial charge >= 0.3 is 11.9 Å². The zero-order valence-electron chi connectivity index (χ0n) is 21.4. The van der Waals surface area contributed by atoms with Crippen LogP contribution in [0.2, 0.25) is 0 Å². The average Bonchev–Trinajstić information content (AvgIpc) is 2.97. The molecule has 4 nitrogen and oxygen atoms in total. The van der Waals surface area contributed by atoms with Gasteiger partial charge in [-0.05, 0) is 64.9 Å². The highest BCUT2D eigenvalue weighted by Crippen LogP contribution is 2.55. The summed E-state index contributed by atoms with van der Waals surface area (Å²) in [5, 5.41) is 0. The molecule has 0 aromatic heterocycles. The van der Waals surface area contributed by atoms with E-state index in [0.29, 0.717) is 11.1 Å². The normalized spacial score (nSPS) is 20.8. The van der Waals surface area contributed by atoms with Crippen LogP contribution >= 0.6 is 0 Å². The number of hydrogen-bond acceptors (Lipinski definition) is 4. The highest BCUT2D eigenvalue weighted by molar-refractivity contribution is 5.90. The van der Waals surface area contributed by atoms with E-state index in [-0.39, 0.29) is 11.8 Å². The van der Waals surface area contributed by atoms with Crippen LogP contribution in [0.15, 0.2) is 103 Å². The van der Waals surface area contributed by atoms with E-state index in [4.69, 9.17) is 9.47 Å². The minimum absolute atomic E-state index is 0.228. The molecule has 4 atom stereocenters. The predicted molar refractivity (Wildman–Crippen MR) is 146 cm³/mol. The van der Waals surface area contributed by atoms with Gasteiger partial charge in [-0.2, -0.15) is 0 Å². The monoisotopic (exact) mass is 502 g/mol. The molecule has 0 fully saturated rings. The van der Waals surface area contributed by atoms with Crippen molar-refractivity contribution in [1.29, 1.82) is 0 Å². The van der Waals surface area contributed by atoms with Crippen molar-refractivity contribution in [1.82, 2.24) is 0 Å². The molecular formula is C34H30O4. The molecule has 3 aliphatic carbocycles. The molecule has 38 heavy (non-hydrogen) atoms. The summed E-state index contributed by atoms with van der Waals surface area (Å²) in [5.41, 5.74) is 6.81. The maximum Gasteiger partial charge on any atom is 0.338 e. The highest BCUT2D eigenvalue weighted by atomic mass is 16.6. The standard InChI is InChI=1S/C34H30O4/c1-2-3-12-22-19-20-27-28(21-22)30-26-18-11-10-17-25(26)29(27)31(37-33(35)23-13-6-4-7-14-23)32(30)38-34(36)24-15-8-5-9-16-24/h4-11,13-21,29-32H,2-3,12H2,1H3/t29-,30-,31?,32?/m1/s1. The van der Waals surface area contributed by atoms with E-state index in [1.165, 1.54) is 11.1 Å². The van der Waals surface area contributed by atoms with Crippen molar-refractivity contribution in [3.63, 3.8) is 0 Å². The molecule has 3 aliphatic rings. The Morgan fingerprint density at radius 2 is 1.08 bits per heavy atom. The number of carbonyl (C=O) groups excluding carboxylic acids is 2. The minimum atomic E-state index is -0.649. The molecule has 4 aromatic rings. The number of carbonyl (C=O) groups is 2. The summed E-state index contributed by atoms with van der Waals surface area (Å²) in [5.74, 6) is -1.28. The second-order valence-corrected chi connectivity index (χ2v) is 10.1. The fourth-order valence-electron chi connectivity index (χ4n) is 6.01. The van der Waals surface area contributed by atoms with Gasteiger partial charge in [0.2, 0.25) is 0 Å². The van der Waals surface area contributed by atoms with Gasteiger partial charge in [0.1, 0.15) is 0 Å². The van der Waals surface area contributed by atoms with Gasteiger partial charge in [-0.25, -0.2) is 9.59 Å². The molecule has 0 spiro atoms. The molecular weight excluding hydrogens is 472 g/mol. The molecule has 7 rings (SSSR count). The van der Waals surface area contributed by atoms with Crippen molar-refractivity contribution in [3.8, 4) is 0 Å². The molecule has 2 unspecified atom stereocenters. The lowest BCUT2D eigenvalue weighted by Crippen LogP contribution is -2.51. The van der Waals surface area contributed by atoms with E-state index in [1.807, 2.05) is 48.5 Å². The molecule has 0 saturated carbocycles. The maximum atomic E-state index is 13.4. The molecule has 0 aliphatic heterocycles. The average molecular weight is 503 g/mol. The second-order valence-electron chi connectivity index (χ2n) is 10.1. The lowest BCUT2D eigenvalue weighted by Gasteiger charge is -2.49. The summed E-state index contributed by atoms with van der Waals surface area (Å²) >= 11 is 0. The highest BCUT2D eigenvalue weighted by Gasteiger charge is 2.53. The van der Waals surface area contributed by atoms with Gasteiger partial charge in [-0.15, -0.1) is 0 Å². The Morgan fingerprint density at radius 1 is 0.605 bits per heavy atom. The Kier molecular flexibility index (Phi) is 6.55. The molecule has 0 saturated heterocycles. The third-order valence-corrected chi connectivity index (χ3v) is 7.79. The Balaban J connectivity index is 1.46. The first-order valence-corrected chi connectivity index (χ1v) is 13.4. The van der Waals surface area contributed by atoms with Crippen LogP contribution in [0, 0.1) is 0 Å². The third kappa shape index (κ3) is 4.30. The Bertz CT molecular complexity index is 1460. The van der Waals surface area contributed by atoms with Gasteiger partial charge in [-0.1, -0.05) is 92.2 Å². The van der Waals surface area contributed by atoms with E-state index >= 15 is 0 Å². The van der Waals surface area contributed by atoms with E-state index < -0.39 is 24.1 Å². The van der Waals surface area contributed by atoms with E-state index in [0.717, 1.165) is 36.0 Å². The lowest BCUT2D eigenvalue weighted by atomic mass is 9.60. The van der Waals surface area contributed by atoms with Crippen molar-refractivity contribution in [2.75, 3.05) is 0 Å². The zero-order valence-corrected chi connectivity index (χ0v) is 21.4. The van der Waals surface area contributed by atoms with Crippen LogP contribution in [0.3, 0.4) is 0 Å². The van der Waals surface area contributed by atoms with Crippen molar-refractivity contribution in [3.05, 3.63) is 142 Å². The van der Waals surface area contributed by atoms with Crippen LogP contribution in [0.5, 0.6) is 0 Å². The Hall–Kier alpha value is -4.18. The van der Waals surface area contributed by atoms with Crippen LogP contribution in [-0.2, 0) is 15.9 Å². The number of fused-ring (bicyclic) bond motifs is 1. The summed E-state index contributed by atoms with van der Waals surface area (Å²) in [6, 6.07) is 32.9. The Labute approximate surface area is 223 Å². The first-order chi connectivity index (χ1) is 18.7. The van der Waals surface area contributed by atoms with Crippen molar-refractivity contribution >= 4 is 11.9 Å². The van der Waals surface area contributed by atoms with Crippen molar-refractivity contribution < 1.29 is 19.1 Å². The van der Waals surface area contributed by atoms with Crippen LogP contribution < -0.4 is 0 Å². The SMILES string of the molecule is CCCCc1ccc2c(c1)[C@H]1c3ccccc3[C@H]2C(OC(=O)c2ccccc2)C1OC(=O)c1ccccc1. The number of hydrogen-bond donors (Lipinski definition) is 0. The van der Waals surface area contributed by atoms with Gasteiger partial charge in [0, 0.05) is 0 Å². The topological polar surface area (TPSA) is 52.6 Å². The Morgan fingerprint density at radius 3 is 1.61 bits per heavy atom. The number of unbranched alkanes of at least 4 members (excludes halogenated alkanes) is 1. The first-order valence-electron chi connectivity index (χ1n) is 13.4. The van der Waals surface area contributed by atoms with E-state index in [1.54, 1.807) is 24.3 Å². The molecule has 0 N–H and O–H groups in total. The smallest absolute Gasteiger partial charge is 0.338 e. The molecule has 0 radical (unpaired) electrons. The fraction of sp³-hybridized carbons (Fsp3) is 0.235. The van der Waals surface area contributed by atoms with Crippen molar-refractivity contribution in [2.24, 2.45) is 0 Å². The summed E-state index contributed by atoms with van der Waals surface area (Å²) in [6.45, 7) is 2.20. The lowest BCUT2D eigenvalue weighted by molar-refractivity contribution is -0.0557. The van der Waals surface area contributed by atoms with Gasteiger partial charge in [0.25, 0.3) is 0 Å². The molecule has 0 heterocycles. The largest absolute Gasteiger partial charge is 0.454 e. The molecule has 4 heteroatoms. The third-order valence-electron chi connectivity index (χ3n) is 7.79. The van der Waals surface area contributed by atoms with Crippen LogP contribution in [-0.4, -0.2) is 24.1 Å². The molecule has 190 valence electrons. The minimum Gasteiger partial charge on any atom is -0.454 e. The van der Waals surface area contributed by atoms with Crippen LogP contribution in [0.4, 0.5) is 0 Å². The summed E-state index contributed by atoms with van der Waals surface area (Å²) in [6.07, 6.45) is 1.95. The number of aryl methyl sites for hydroxylation is 1. The first kappa shape index (κ1) is 24.2. The summed E-state index contributed by atoms with van der Waals surface area (Å²) in [4.78, 5) is 26.7. The number of rotatable bonds is 7. The number of esters is 2. The molecule has 2 bridgehead atoms. The van der Waals surface area contributed by atoms with Gasteiger partial charge in [0.15, 0.2) is 12.2 Å². The quantitative estimate of drug-likeness (QED) is 0.254. The van der Waals surface area contributed by atoms with Crippen LogP contribution in [0.1, 0.15) is 80.1 Å². The predicted octanol–water partition coefficient (Wildman–Crippen LogP) is 7.07. The van der Waals surface area contributed by atoms with Gasteiger partial charge in [0.05, 0.1) is 23.0 Å². The van der Waals surface area contributed by atoms with E-state index in [2.05, 4.69) is 37.3 Å². The van der Waals surface area contributed by atoms with Crippen molar-refractivity contribution in [2.45, 2.75) is 50.2 Å².